The molecule has 4 nitrogen and oxygen atoms in total. The molecule has 2 rings (SSSR count). The standard InChI is InChI=1S/C14H14ClN3O/c1-9(10-4-2-5-11(15)8-10)18-14(19)13-12(16)6-3-7-17-13/h2-9H,16H2,1H3,(H,18,19). The number of halogens is 1. The molecule has 0 aliphatic heterocycles. The van der Waals surface area contributed by atoms with Gasteiger partial charge in [-0.05, 0) is 36.8 Å². The number of hydrogen-bond donors (Lipinski definition) is 2. The third kappa shape index (κ3) is 3.23. The summed E-state index contributed by atoms with van der Waals surface area (Å²) in [5.41, 5.74) is 7.23. The Balaban J connectivity index is 2.13. The third-order valence-electron chi connectivity index (χ3n) is 2.75. The highest BCUT2D eigenvalue weighted by atomic mass is 35.5. The lowest BCUT2D eigenvalue weighted by molar-refractivity contribution is 0.0936. The van der Waals surface area contributed by atoms with Crippen molar-refractivity contribution in [1.82, 2.24) is 10.3 Å². The highest BCUT2D eigenvalue weighted by Gasteiger charge is 2.14. The van der Waals surface area contributed by atoms with Gasteiger partial charge in [-0.15, -0.1) is 0 Å². The Morgan fingerprint density at radius 2 is 2.16 bits per heavy atom. The van der Waals surface area contributed by atoms with Crippen molar-refractivity contribution in [2.24, 2.45) is 0 Å². The van der Waals surface area contributed by atoms with Crippen LogP contribution in [0.4, 0.5) is 5.69 Å². The van der Waals surface area contributed by atoms with Gasteiger partial charge in [-0.1, -0.05) is 23.7 Å². The minimum absolute atomic E-state index is 0.174. The van der Waals surface area contributed by atoms with Crippen molar-refractivity contribution in [3.8, 4) is 0 Å². The van der Waals surface area contributed by atoms with Gasteiger partial charge in [0.15, 0.2) is 5.69 Å². The van der Waals surface area contributed by atoms with Crippen molar-refractivity contribution in [2.45, 2.75) is 13.0 Å². The number of nitrogens with one attached hydrogen (secondary N) is 1. The highest BCUT2D eigenvalue weighted by molar-refractivity contribution is 6.30. The number of amides is 1. The molecule has 19 heavy (non-hydrogen) atoms. The molecule has 1 heterocycles. The summed E-state index contributed by atoms with van der Waals surface area (Å²) in [5.74, 6) is -0.300. The van der Waals surface area contributed by atoms with Crippen molar-refractivity contribution in [2.75, 3.05) is 5.73 Å². The maximum atomic E-state index is 12.0. The molecule has 2 aromatic rings. The predicted molar refractivity (Wildman–Crippen MR) is 76.0 cm³/mol. The molecular weight excluding hydrogens is 262 g/mol. The van der Waals surface area contributed by atoms with Crippen LogP contribution in [0.2, 0.25) is 5.02 Å². The van der Waals surface area contributed by atoms with Gasteiger partial charge in [-0.2, -0.15) is 0 Å². The van der Waals surface area contributed by atoms with E-state index >= 15 is 0 Å². The number of rotatable bonds is 3. The molecule has 0 saturated heterocycles. The topological polar surface area (TPSA) is 68.0 Å². The Morgan fingerprint density at radius 1 is 1.37 bits per heavy atom. The van der Waals surface area contributed by atoms with Crippen LogP contribution in [0.25, 0.3) is 0 Å². The molecule has 1 aromatic heterocycles. The number of anilines is 1. The molecule has 0 bridgehead atoms. The van der Waals surface area contributed by atoms with E-state index in [1.54, 1.807) is 18.2 Å². The molecule has 5 heteroatoms. The average Bonchev–Trinajstić information content (AvgIpc) is 2.39. The molecule has 0 spiro atoms. The molecule has 1 aromatic carbocycles. The third-order valence-corrected chi connectivity index (χ3v) is 2.99. The number of carbonyl (C=O) groups is 1. The van der Waals surface area contributed by atoms with Crippen molar-refractivity contribution in [1.29, 1.82) is 0 Å². The second kappa shape index (κ2) is 5.71. The molecule has 0 radical (unpaired) electrons. The van der Waals surface area contributed by atoms with E-state index in [0.29, 0.717) is 10.7 Å². The zero-order chi connectivity index (χ0) is 13.8. The second-order valence-electron chi connectivity index (χ2n) is 4.19. The first-order valence-corrected chi connectivity index (χ1v) is 6.22. The summed E-state index contributed by atoms with van der Waals surface area (Å²) < 4.78 is 0. The minimum Gasteiger partial charge on any atom is -0.397 e. The number of hydrogen-bond acceptors (Lipinski definition) is 3. The van der Waals surface area contributed by atoms with Crippen LogP contribution in [0.15, 0.2) is 42.6 Å². The lowest BCUT2D eigenvalue weighted by atomic mass is 10.1. The molecule has 1 unspecified atom stereocenters. The zero-order valence-corrected chi connectivity index (χ0v) is 11.2. The SMILES string of the molecule is CC(NC(=O)c1ncccc1N)c1cccc(Cl)c1. The van der Waals surface area contributed by atoms with Crippen LogP contribution < -0.4 is 11.1 Å². The van der Waals surface area contributed by atoms with E-state index in [2.05, 4.69) is 10.3 Å². The van der Waals surface area contributed by atoms with Gasteiger partial charge in [0.05, 0.1) is 11.7 Å². The van der Waals surface area contributed by atoms with Crippen molar-refractivity contribution in [3.63, 3.8) is 0 Å². The summed E-state index contributed by atoms with van der Waals surface area (Å²) in [4.78, 5) is 16.0. The minimum atomic E-state index is -0.300. The number of pyridine rings is 1. The Kier molecular flexibility index (Phi) is 4.02. The Morgan fingerprint density at radius 3 is 2.84 bits per heavy atom. The van der Waals surface area contributed by atoms with Crippen LogP contribution in [-0.4, -0.2) is 10.9 Å². The fraction of sp³-hybridized carbons (Fsp3) is 0.143. The van der Waals surface area contributed by atoms with Crippen molar-refractivity contribution < 1.29 is 4.79 Å². The molecule has 3 N–H and O–H groups in total. The fourth-order valence-corrected chi connectivity index (χ4v) is 1.93. The zero-order valence-electron chi connectivity index (χ0n) is 10.4. The van der Waals surface area contributed by atoms with Crippen molar-refractivity contribution in [3.05, 3.63) is 58.9 Å². The molecule has 1 amide bonds. The summed E-state index contributed by atoms with van der Waals surface area (Å²) in [6.45, 7) is 1.88. The van der Waals surface area contributed by atoms with E-state index < -0.39 is 0 Å². The number of aromatic nitrogens is 1. The normalized spacial score (nSPS) is 11.9. The van der Waals surface area contributed by atoms with Gasteiger partial charge in [-0.25, -0.2) is 4.98 Å². The number of carbonyl (C=O) groups excluding carboxylic acids is 1. The van der Waals surface area contributed by atoms with Gasteiger partial charge in [0, 0.05) is 11.2 Å². The molecule has 0 aliphatic rings. The van der Waals surface area contributed by atoms with Crippen LogP contribution in [0.5, 0.6) is 0 Å². The van der Waals surface area contributed by atoms with E-state index in [4.69, 9.17) is 17.3 Å². The van der Waals surface area contributed by atoms with E-state index in [9.17, 15) is 4.79 Å². The van der Waals surface area contributed by atoms with Gasteiger partial charge in [-0.3, -0.25) is 4.79 Å². The van der Waals surface area contributed by atoms with Crippen molar-refractivity contribution >= 4 is 23.2 Å². The Labute approximate surface area is 116 Å². The monoisotopic (exact) mass is 275 g/mol. The van der Waals surface area contributed by atoms with E-state index in [1.165, 1.54) is 6.20 Å². The summed E-state index contributed by atoms with van der Waals surface area (Å²) in [5, 5.41) is 3.48. The first-order chi connectivity index (χ1) is 9.08. The summed E-state index contributed by atoms with van der Waals surface area (Å²) in [7, 11) is 0. The maximum absolute atomic E-state index is 12.0. The highest BCUT2D eigenvalue weighted by Crippen LogP contribution is 2.18. The van der Waals surface area contributed by atoms with Gasteiger partial charge in [0.25, 0.3) is 5.91 Å². The van der Waals surface area contributed by atoms with Crippen LogP contribution in [-0.2, 0) is 0 Å². The van der Waals surface area contributed by atoms with E-state index in [0.717, 1.165) is 5.56 Å². The largest absolute Gasteiger partial charge is 0.397 e. The summed E-state index contributed by atoms with van der Waals surface area (Å²) in [6, 6.07) is 10.5. The lowest BCUT2D eigenvalue weighted by Gasteiger charge is -2.14. The van der Waals surface area contributed by atoms with E-state index in [-0.39, 0.29) is 17.6 Å². The van der Waals surface area contributed by atoms with Crippen LogP contribution >= 0.6 is 11.6 Å². The quantitative estimate of drug-likeness (QED) is 0.905. The molecule has 0 aliphatic carbocycles. The Hall–Kier alpha value is -2.07. The second-order valence-corrected chi connectivity index (χ2v) is 4.63. The lowest BCUT2D eigenvalue weighted by Crippen LogP contribution is -2.28. The average molecular weight is 276 g/mol. The molecule has 0 fully saturated rings. The number of nitrogens with zero attached hydrogens (tertiary/aromatic N) is 1. The van der Waals surface area contributed by atoms with Crippen LogP contribution in [0.1, 0.15) is 29.0 Å². The van der Waals surface area contributed by atoms with Crippen LogP contribution in [0, 0.1) is 0 Å². The van der Waals surface area contributed by atoms with Gasteiger partial charge in [0.1, 0.15) is 0 Å². The summed E-state index contributed by atoms with van der Waals surface area (Å²) >= 11 is 5.92. The number of nitrogen functional groups attached to an aromatic ring is 1. The Bertz CT molecular complexity index is 601. The van der Waals surface area contributed by atoms with Gasteiger partial charge < -0.3 is 11.1 Å². The molecular formula is C14H14ClN3O. The molecule has 1 atom stereocenters. The first-order valence-electron chi connectivity index (χ1n) is 5.84. The van der Waals surface area contributed by atoms with Gasteiger partial charge >= 0.3 is 0 Å². The number of benzene rings is 1. The maximum Gasteiger partial charge on any atom is 0.272 e. The smallest absolute Gasteiger partial charge is 0.272 e. The molecule has 0 saturated carbocycles. The molecule has 98 valence electrons. The predicted octanol–water partition coefficient (Wildman–Crippen LogP) is 2.81. The van der Waals surface area contributed by atoms with Crippen LogP contribution in [0.3, 0.4) is 0 Å². The number of nitrogens with two attached hydrogens (primary N) is 1. The fourth-order valence-electron chi connectivity index (χ4n) is 1.73. The van der Waals surface area contributed by atoms with E-state index in [1.807, 2.05) is 25.1 Å². The summed E-state index contributed by atoms with van der Waals surface area (Å²) in [6.07, 6.45) is 1.54. The van der Waals surface area contributed by atoms with Gasteiger partial charge in [0.2, 0.25) is 0 Å². The first kappa shape index (κ1) is 13.4.